The Bertz CT molecular complexity index is 311. The van der Waals surface area contributed by atoms with Gasteiger partial charge in [-0.2, -0.15) is 0 Å². The van der Waals surface area contributed by atoms with Crippen LogP contribution in [0.5, 0.6) is 0 Å². The van der Waals surface area contributed by atoms with E-state index in [9.17, 15) is 0 Å². The third-order valence-corrected chi connectivity index (χ3v) is 6.17. The van der Waals surface area contributed by atoms with Gasteiger partial charge in [-0.1, -0.05) is 20.3 Å². The van der Waals surface area contributed by atoms with Gasteiger partial charge in [0.15, 0.2) is 0 Å². The summed E-state index contributed by atoms with van der Waals surface area (Å²) in [5.74, 6) is 1.84. The molecule has 3 rings (SSSR count). The highest BCUT2D eigenvalue weighted by atomic mass is 15.3. The van der Waals surface area contributed by atoms with E-state index in [4.69, 9.17) is 5.73 Å². The number of likely N-dealkylation sites (tertiary alicyclic amines) is 2. The standard InChI is InChI=1S/C17H33N3/c1-13-3-4-14(2)17(11-13)20-10-7-16(12-20)19-8-5-15(18)6-9-19/h13-17H,3-12,18H2,1-2H3. The third-order valence-electron chi connectivity index (χ3n) is 6.17. The fourth-order valence-corrected chi connectivity index (χ4v) is 4.66. The zero-order valence-corrected chi connectivity index (χ0v) is 13.4. The first-order chi connectivity index (χ1) is 9.63. The van der Waals surface area contributed by atoms with E-state index in [-0.39, 0.29) is 0 Å². The summed E-state index contributed by atoms with van der Waals surface area (Å²) in [7, 11) is 0. The number of nitrogens with zero attached hydrogens (tertiary/aromatic N) is 2. The van der Waals surface area contributed by atoms with Gasteiger partial charge in [-0.3, -0.25) is 9.80 Å². The van der Waals surface area contributed by atoms with Crippen LogP contribution in [0.3, 0.4) is 0 Å². The van der Waals surface area contributed by atoms with Gasteiger partial charge in [0.1, 0.15) is 0 Å². The Morgan fingerprint density at radius 3 is 2.30 bits per heavy atom. The number of nitrogens with two attached hydrogens (primary N) is 1. The fourth-order valence-electron chi connectivity index (χ4n) is 4.66. The molecule has 4 unspecified atom stereocenters. The minimum absolute atomic E-state index is 0.461. The molecule has 3 heteroatoms. The quantitative estimate of drug-likeness (QED) is 0.842. The van der Waals surface area contributed by atoms with Crippen molar-refractivity contribution in [3.8, 4) is 0 Å². The molecule has 2 N–H and O–H groups in total. The summed E-state index contributed by atoms with van der Waals surface area (Å²) in [6, 6.07) is 2.13. The molecule has 3 nitrogen and oxygen atoms in total. The van der Waals surface area contributed by atoms with Gasteiger partial charge in [-0.05, 0) is 57.0 Å². The normalized spacial score (nSPS) is 42.1. The molecule has 0 spiro atoms. The van der Waals surface area contributed by atoms with Gasteiger partial charge < -0.3 is 5.73 Å². The molecule has 2 saturated heterocycles. The van der Waals surface area contributed by atoms with Crippen LogP contribution in [0.2, 0.25) is 0 Å². The van der Waals surface area contributed by atoms with Crippen molar-refractivity contribution in [1.82, 2.24) is 9.80 Å². The zero-order chi connectivity index (χ0) is 14.1. The lowest BCUT2D eigenvalue weighted by Gasteiger charge is -2.40. The molecule has 0 amide bonds. The summed E-state index contributed by atoms with van der Waals surface area (Å²) < 4.78 is 0. The molecule has 4 atom stereocenters. The summed E-state index contributed by atoms with van der Waals surface area (Å²) in [6.45, 7) is 10.0. The molecule has 0 aromatic heterocycles. The molecule has 2 heterocycles. The van der Waals surface area contributed by atoms with Crippen LogP contribution in [-0.4, -0.2) is 54.1 Å². The summed E-state index contributed by atoms with van der Waals surface area (Å²) >= 11 is 0. The summed E-state index contributed by atoms with van der Waals surface area (Å²) in [5, 5.41) is 0. The Morgan fingerprint density at radius 2 is 1.55 bits per heavy atom. The van der Waals surface area contributed by atoms with Crippen LogP contribution < -0.4 is 5.73 Å². The smallest absolute Gasteiger partial charge is 0.0235 e. The molecular formula is C17H33N3. The second-order valence-electron chi connectivity index (χ2n) is 7.77. The average Bonchev–Trinajstić information content (AvgIpc) is 2.92. The molecule has 3 aliphatic rings. The maximum absolute atomic E-state index is 6.04. The highest BCUT2D eigenvalue weighted by Crippen LogP contribution is 2.34. The van der Waals surface area contributed by atoms with Crippen LogP contribution in [0.4, 0.5) is 0 Å². The van der Waals surface area contributed by atoms with Gasteiger partial charge in [-0.25, -0.2) is 0 Å². The number of rotatable bonds is 2. The van der Waals surface area contributed by atoms with Gasteiger partial charge >= 0.3 is 0 Å². The van der Waals surface area contributed by atoms with E-state index < -0.39 is 0 Å². The largest absolute Gasteiger partial charge is 0.328 e. The van der Waals surface area contributed by atoms with Crippen molar-refractivity contribution >= 4 is 0 Å². The maximum atomic E-state index is 6.04. The zero-order valence-electron chi connectivity index (χ0n) is 13.4. The van der Waals surface area contributed by atoms with E-state index in [0.717, 1.165) is 23.9 Å². The lowest BCUT2D eigenvalue weighted by Crippen LogP contribution is -2.48. The second-order valence-corrected chi connectivity index (χ2v) is 7.77. The average molecular weight is 279 g/mol. The van der Waals surface area contributed by atoms with Crippen LogP contribution in [0.1, 0.15) is 52.4 Å². The van der Waals surface area contributed by atoms with Crippen molar-refractivity contribution in [2.75, 3.05) is 26.2 Å². The monoisotopic (exact) mass is 279 g/mol. The van der Waals surface area contributed by atoms with Gasteiger partial charge in [0, 0.05) is 31.2 Å². The molecule has 1 aliphatic carbocycles. The number of hydrogen-bond acceptors (Lipinski definition) is 3. The minimum Gasteiger partial charge on any atom is -0.328 e. The fraction of sp³-hybridized carbons (Fsp3) is 1.00. The molecule has 1 saturated carbocycles. The van der Waals surface area contributed by atoms with Crippen LogP contribution >= 0.6 is 0 Å². The molecule has 20 heavy (non-hydrogen) atoms. The van der Waals surface area contributed by atoms with Crippen molar-refractivity contribution in [2.45, 2.75) is 70.5 Å². The van der Waals surface area contributed by atoms with Crippen LogP contribution in [0.15, 0.2) is 0 Å². The maximum Gasteiger partial charge on any atom is 0.0235 e. The van der Waals surface area contributed by atoms with Crippen molar-refractivity contribution in [1.29, 1.82) is 0 Å². The van der Waals surface area contributed by atoms with Gasteiger partial charge in [0.25, 0.3) is 0 Å². The first kappa shape index (κ1) is 14.8. The molecule has 0 bridgehead atoms. The van der Waals surface area contributed by atoms with E-state index in [1.165, 1.54) is 64.7 Å². The summed E-state index contributed by atoms with van der Waals surface area (Å²) in [4.78, 5) is 5.54. The molecule has 0 aromatic rings. The highest BCUT2D eigenvalue weighted by Gasteiger charge is 2.36. The Balaban J connectivity index is 1.53. The molecule has 0 radical (unpaired) electrons. The van der Waals surface area contributed by atoms with Gasteiger partial charge in [-0.15, -0.1) is 0 Å². The number of piperidine rings is 1. The van der Waals surface area contributed by atoms with Crippen molar-refractivity contribution in [3.05, 3.63) is 0 Å². The predicted octanol–water partition coefficient (Wildman–Crippen LogP) is 2.31. The first-order valence-electron chi connectivity index (χ1n) is 8.87. The first-order valence-corrected chi connectivity index (χ1v) is 8.87. The second kappa shape index (κ2) is 6.33. The third kappa shape index (κ3) is 3.20. The van der Waals surface area contributed by atoms with Crippen molar-refractivity contribution < 1.29 is 0 Å². The van der Waals surface area contributed by atoms with E-state index in [1.54, 1.807) is 0 Å². The topological polar surface area (TPSA) is 32.5 Å². The Hall–Kier alpha value is -0.120. The minimum atomic E-state index is 0.461. The van der Waals surface area contributed by atoms with Crippen LogP contribution in [0, 0.1) is 11.8 Å². The molecule has 116 valence electrons. The van der Waals surface area contributed by atoms with Crippen LogP contribution in [-0.2, 0) is 0 Å². The molecule has 0 aromatic carbocycles. The highest BCUT2D eigenvalue weighted by molar-refractivity contribution is 4.92. The van der Waals surface area contributed by atoms with E-state index in [1.807, 2.05) is 0 Å². The molecule has 3 fully saturated rings. The lowest BCUT2D eigenvalue weighted by atomic mass is 9.79. The SMILES string of the molecule is CC1CCC(C)C(N2CCC(N3CCC(N)CC3)C2)C1. The number of hydrogen-bond donors (Lipinski definition) is 1. The Labute approximate surface area is 124 Å². The van der Waals surface area contributed by atoms with Crippen LogP contribution in [0.25, 0.3) is 0 Å². The predicted molar refractivity (Wildman–Crippen MR) is 84.7 cm³/mol. The molecule has 2 aliphatic heterocycles. The van der Waals surface area contributed by atoms with E-state index in [0.29, 0.717) is 6.04 Å². The lowest BCUT2D eigenvalue weighted by molar-refractivity contribution is 0.0951. The van der Waals surface area contributed by atoms with Crippen molar-refractivity contribution in [2.24, 2.45) is 17.6 Å². The molecular weight excluding hydrogens is 246 g/mol. The van der Waals surface area contributed by atoms with Gasteiger partial charge in [0.05, 0.1) is 0 Å². The Morgan fingerprint density at radius 1 is 0.850 bits per heavy atom. The van der Waals surface area contributed by atoms with E-state index in [2.05, 4.69) is 23.6 Å². The summed E-state index contributed by atoms with van der Waals surface area (Å²) in [6.07, 6.45) is 8.09. The Kier molecular flexibility index (Phi) is 4.68. The van der Waals surface area contributed by atoms with Gasteiger partial charge in [0.2, 0.25) is 0 Å². The summed E-state index contributed by atoms with van der Waals surface area (Å²) in [5.41, 5.74) is 6.04. The van der Waals surface area contributed by atoms with Crippen molar-refractivity contribution in [3.63, 3.8) is 0 Å². The van der Waals surface area contributed by atoms with E-state index >= 15 is 0 Å².